The van der Waals surface area contributed by atoms with E-state index in [-0.39, 0.29) is 5.60 Å². The number of carboxylic acid groups (broad SMARTS) is 1. The number of alkyl halides is 3. The van der Waals surface area contributed by atoms with Crippen LogP contribution in [0.3, 0.4) is 0 Å². The van der Waals surface area contributed by atoms with E-state index in [4.69, 9.17) is 23.9 Å². The Balaban J connectivity index is 0.000000345. The van der Waals surface area contributed by atoms with Crippen molar-refractivity contribution in [2.45, 2.75) is 64.5 Å². The van der Waals surface area contributed by atoms with Crippen molar-refractivity contribution >= 4 is 5.97 Å². The lowest BCUT2D eigenvalue weighted by Crippen LogP contribution is -2.44. The third-order valence-electron chi connectivity index (χ3n) is 5.15. The quantitative estimate of drug-likeness (QED) is 0.819. The van der Waals surface area contributed by atoms with Crippen LogP contribution < -0.4 is 0 Å². The number of likely N-dealkylation sites (tertiary alicyclic amines) is 1. The summed E-state index contributed by atoms with van der Waals surface area (Å²) in [5.41, 5.74) is 2.32. The number of aryl methyl sites for hydroxylation is 2. The van der Waals surface area contributed by atoms with Gasteiger partial charge >= 0.3 is 12.1 Å². The summed E-state index contributed by atoms with van der Waals surface area (Å²) in [7, 11) is 0. The minimum Gasteiger partial charge on any atom is -0.475 e. The molecule has 0 aliphatic carbocycles. The zero-order valence-electron chi connectivity index (χ0n) is 16.3. The second-order valence-electron chi connectivity index (χ2n) is 7.16. The molecule has 2 fully saturated rings. The Bertz CT molecular complexity index is 635. The molecule has 1 N–H and O–H groups in total. The molecule has 2 aliphatic rings. The second-order valence-corrected chi connectivity index (χ2v) is 7.16. The third kappa shape index (κ3) is 5.92. The molecule has 7 nitrogen and oxygen atoms in total. The molecule has 1 atom stereocenters. The van der Waals surface area contributed by atoms with Gasteiger partial charge in [0.05, 0.1) is 24.0 Å². The fourth-order valence-electron chi connectivity index (χ4n) is 3.56. The van der Waals surface area contributed by atoms with E-state index in [9.17, 15) is 13.2 Å². The summed E-state index contributed by atoms with van der Waals surface area (Å²) in [6.45, 7) is 10.7. The van der Waals surface area contributed by atoms with E-state index in [1.165, 1.54) is 5.56 Å². The first-order valence-corrected chi connectivity index (χ1v) is 9.26. The zero-order valence-corrected chi connectivity index (χ0v) is 16.3. The van der Waals surface area contributed by atoms with Crippen molar-refractivity contribution in [3.05, 3.63) is 17.0 Å². The van der Waals surface area contributed by atoms with E-state index < -0.39 is 12.1 Å². The van der Waals surface area contributed by atoms with Crippen LogP contribution in [0.15, 0.2) is 4.52 Å². The van der Waals surface area contributed by atoms with Crippen molar-refractivity contribution in [2.75, 3.05) is 26.3 Å². The van der Waals surface area contributed by atoms with Gasteiger partial charge in [0, 0.05) is 38.2 Å². The number of piperidine rings is 1. The van der Waals surface area contributed by atoms with Gasteiger partial charge in [-0.3, -0.25) is 4.90 Å². The maximum atomic E-state index is 10.6. The molecule has 160 valence electrons. The van der Waals surface area contributed by atoms with Crippen molar-refractivity contribution in [1.82, 2.24) is 10.1 Å². The molecule has 3 heterocycles. The third-order valence-corrected chi connectivity index (χ3v) is 5.15. The fourth-order valence-corrected chi connectivity index (χ4v) is 3.56. The van der Waals surface area contributed by atoms with Crippen molar-refractivity contribution in [1.29, 1.82) is 0 Å². The molecular formula is C18H27F3N2O5. The van der Waals surface area contributed by atoms with Crippen LogP contribution in [0.5, 0.6) is 0 Å². The monoisotopic (exact) mass is 408 g/mol. The molecule has 28 heavy (non-hydrogen) atoms. The Morgan fingerprint density at radius 1 is 1.36 bits per heavy atom. The number of rotatable bonds is 4. The van der Waals surface area contributed by atoms with Gasteiger partial charge in [0.15, 0.2) is 0 Å². The van der Waals surface area contributed by atoms with Gasteiger partial charge in [-0.05, 0) is 33.6 Å². The maximum absolute atomic E-state index is 10.6. The van der Waals surface area contributed by atoms with Gasteiger partial charge in [-0.15, -0.1) is 0 Å². The Hall–Kier alpha value is -1.65. The predicted molar refractivity (Wildman–Crippen MR) is 92.9 cm³/mol. The standard InChI is InChI=1S/C16H26N2O3.C2HF3O2/c1-4-19-14-9-16(20-11-14)5-7-18(8-6-16)10-15-12(2)17-21-13(15)3;3-2(4,5)1(6)7/h14H,4-11H2,1-3H3;(H,6,7). The predicted octanol–water partition coefficient (Wildman–Crippen LogP) is 3.08. The first-order chi connectivity index (χ1) is 13.1. The molecule has 1 unspecified atom stereocenters. The van der Waals surface area contributed by atoms with Gasteiger partial charge in [0.1, 0.15) is 5.76 Å². The smallest absolute Gasteiger partial charge is 0.475 e. The van der Waals surface area contributed by atoms with E-state index in [0.717, 1.165) is 63.6 Å². The zero-order chi connectivity index (χ0) is 20.9. The summed E-state index contributed by atoms with van der Waals surface area (Å²) < 4.78 is 48.8. The van der Waals surface area contributed by atoms with Gasteiger partial charge in [0.2, 0.25) is 0 Å². The summed E-state index contributed by atoms with van der Waals surface area (Å²) in [5, 5.41) is 11.2. The van der Waals surface area contributed by atoms with Gasteiger partial charge in [-0.2, -0.15) is 13.2 Å². The number of aliphatic carboxylic acids is 1. The molecule has 10 heteroatoms. The van der Waals surface area contributed by atoms with Crippen LogP contribution >= 0.6 is 0 Å². The Morgan fingerprint density at radius 3 is 2.43 bits per heavy atom. The number of hydrogen-bond donors (Lipinski definition) is 1. The topological polar surface area (TPSA) is 85.0 Å². The van der Waals surface area contributed by atoms with Crippen LogP contribution in [0, 0.1) is 13.8 Å². The van der Waals surface area contributed by atoms with Gasteiger partial charge in [-0.1, -0.05) is 5.16 Å². The number of aromatic nitrogens is 1. The van der Waals surface area contributed by atoms with Crippen LogP contribution in [0.1, 0.15) is 43.2 Å². The Kier molecular flexibility index (Phi) is 7.46. The largest absolute Gasteiger partial charge is 0.490 e. The average molecular weight is 408 g/mol. The van der Waals surface area contributed by atoms with E-state index in [0.29, 0.717) is 6.10 Å². The van der Waals surface area contributed by atoms with Crippen molar-refractivity contribution in [2.24, 2.45) is 0 Å². The minimum atomic E-state index is -5.08. The highest BCUT2D eigenvalue weighted by atomic mass is 19.4. The lowest BCUT2D eigenvalue weighted by molar-refractivity contribution is -0.192. The maximum Gasteiger partial charge on any atom is 0.490 e. The molecule has 0 amide bonds. The van der Waals surface area contributed by atoms with Crippen molar-refractivity contribution in [3.8, 4) is 0 Å². The fraction of sp³-hybridized carbons (Fsp3) is 0.778. The van der Waals surface area contributed by atoms with Crippen LogP contribution in [-0.2, 0) is 20.8 Å². The van der Waals surface area contributed by atoms with Gasteiger partial charge in [0.25, 0.3) is 0 Å². The molecule has 2 saturated heterocycles. The molecule has 2 aliphatic heterocycles. The molecule has 0 aromatic carbocycles. The second kappa shape index (κ2) is 9.23. The first-order valence-electron chi connectivity index (χ1n) is 9.26. The van der Waals surface area contributed by atoms with E-state index >= 15 is 0 Å². The number of halogens is 3. The number of hydrogen-bond acceptors (Lipinski definition) is 6. The van der Waals surface area contributed by atoms with E-state index in [2.05, 4.69) is 17.0 Å². The van der Waals surface area contributed by atoms with Crippen molar-refractivity contribution < 1.29 is 37.1 Å². The normalized spacial score (nSPS) is 22.1. The SMILES string of the molecule is CCOC1COC2(CCN(Cc3c(C)noc3C)CC2)C1.O=C(O)C(F)(F)F. The van der Waals surface area contributed by atoms with Crippen molar-refractivity contribution in [3.63, 3.8) is 0 Å². The molecule has 0 bridgehead atoms. The summed E-state index contributed by atoms with van der Waals surface area (Å²) in [6.07, 6.45) is -1.54. The highest BCUT2D eigenvalue weighted by Gasteiger charge is 2.43. The molecule has 1 aromatic heterocycles. The minimum absolute atomic E-state index is 0.0646. The lowest BCUT2D eigenvalue weighted by atomic mass is 9.88. The van der Waals surface area contributed by atoms with E-state index in [1.54, 1.807) is 0 Å². The summed E-state index contributed by atoms with van der Waals surface area (Å²) in [4.78, 5) is 11.4. The highest BCUT2D eigenvalue weighted by Crippen LogP contribution is 2.37. The van der Waals surface area contributed by atoms with Crippen LogP contribution in [0.2, 0.25) is 0 Å². The molecule has 0 saturated carbocycles. The lowest BCUT2D eigenvalue weighted by Gasteiger charge is -2.38. The molecule has 3 rings (SSSR count). The van der Waals surface area contributed by atoms with Gasteiger partial charge in [-0.25, -0.2) is 4.79 Å². The van der Waals surface area contributed by atoms with E-state index in [1.807, 2.05) is 13.8 Å². The number of carboxylic acids is 1. The van der Waals surface area contributed by atoms with Gasteiger partial charge < -0.3 is 19.1 Å². The van der Waals surface area contributed by atoms with Crippen LogP contribution in [0.4, 0.5) is 13.2 Å². The summed E-state index contributed by atoms with van der Waals surface area (Å²) >= 11 is 0. The summed E-state index contributed by atoms with van der Waals surface area (Å²) in [6, 6.07) is 0. The Morgan fingerprint density at radius 2 is 1.96 bits per heavy atom. The number of ether oxygens (including phenoxy) is 2. The highest BCUT2D eigenvalue weighted by molar-refractivity contribution is 5.73. The molecular weight excluding hydrogens is 381 g/mol. The number of nitrogens with zero attached hydrogens (tertiary/aromatic N) is 2. The molecule has 1 aromatic rings. The first kappa shape index (κ1) is 22.6. The molecule has 0 radical (unpaired) electrons. The Labute approximate surface area is 161 Å². The summed E-state index contributed by atoms with van der Waals surface area (Å²) in [5.74, 6) is -1.81. The number of carbonyl (C=O) groups is 1. The van der Waals surface area contributed by atoms with Crippen LogP contribution in [0.25, 0.3) is 0 Å². The van der Waals surface area contributed by atoms with Crippen LogP contribution in [-0.4, -0.2) is 65.3 Å². The molecule has 1 spiro atoms. The average Bonchev–Trinajstić information content (AvgIpc) is 3.15.